The van der Waals surface area contributed by atoms with Gasteiger partial charge in [0.15, 0.2) is 11.6 Å². The molecule has 3 nitrogen and oxygen atoms in total. The summed E-state index contributed by atoms with van der Waals surface area (Å²) in [4.78, 5) is 34.8. The van der Waals surface area contributed by atoms with E-state index in [4.69, 9.17) is 11.6 Å². The standard InChI is InChI=1S/C17H13ClO3/c18-17(21)14-8-6-13(7-9-14)16(20)11-10-15(19)12-4-2-1-3-5-12/h1-9H,10-11H2. The molecular weight excluding hydrogens is 288 g/mol. The molecule has 2 rings (SSSR count). The zero-order valence-electron chi connectivity index (χ0n) is 11.2. The first-order chi connectivity index (χ1) is 10.1. The van der Waals surface area contributed by atoms with Gasteiger partial charge in [0.1, 0.15) is 0 Å². The third kappa shape index (κ3) is 4.10. The summed E-state index contributed by atoms with van der Waals surface area (Å²) < 4.78 is 0. The molecule has 0 N–H and O–H groups in total. The lowest BCUT2D eigenvalue weighted by Gasteiger charge is -2.02. The Balaban J connectivity index is 1.96. The fourth-order valence-electron chi connectivity index (χ4n) is 1.93. The van der Waals surface area contributed by atoms with Gasteiger partial charge in [0.25, 0.3) is 5.24 Å². The topological polar surface area (TPSA) is 51.2 Å². The van der Waals surface area contributed by atoms with E-state index in [9.17, 15) is 14.4 Å². The van der Waals surface area contributed by atoms with Crippen LogP contribution in [-0.4, -0.2) is 16.8 Å². The Bertz CT molecular complexity index is 660. The van der Waals surface area contributed by atoms with Crippen LogP contribution in [0.15, 0.2) is 54.6 Å². The summed E-state index contributed by atoms with van der Waals surface area (Å²) in [5, 5.41) is -0.562. The lowest BCUT2D eigenvalue weighted by Crippen LogP contribution is -2.05. The first-order valence-corrected chi connectivity index (χ1v) is 6.87. The van der Waals surface area contributed by atoms with Crippen LogP contribution < -0.4 is 0 Å². The molecule has 0 fully saturated rings. The molecule has 0 aliphatic heterocycles. The van der Waals surface area contributed by atoms with E-state index in [1.54, 1.807) is 36.4 Å². The smallest absolute Gasteiger partial charge is 0.252 e. The van der Waals surface area contributed by atoms with Crippen LogP contribution in [0.5, 0.6) is 0 Å². The van der Waals surface area contributed by atoms with Gasteiger partial charge in [-0.15, -0.1) is 0 Å². The third-order valence-corrected chi connectivity index (χ3v) is 3.33. The molecule has 0 unspecified atom stereocenters. The van der Waals surface area contributed by atoms with Crippen molar-refractivity contribution in [1.29, 1.82) is 0 Å². The maximum Gasteiger partial charge on any atom is 0.252 e. The van der Waals surface area contributed by atoms with Gasteiger partial charge in [0.2, 0.25) is 0 Å². The molecule has 0 radical (unpaired) electrons. The minimum atomic E-state index is -0.562. The Morgan fingerprint density at radius 1 is 0.667 bits per heavy atom. The van der Waals surface area contributed by atoms with E-state index < -0.39 is 5.24 Å². The number of hydrogen-bond donors (Lipinski definition) is 0. The van der Waals surface area contributed by atoms with Gasteiger partial charge < -0.3 is 0 Å². The molecule has 4 heteroatoms. The normalized spacial score (nSPS) is 10.1. The predicted molar refractivity (Wildman–Crippen MR) is 81.0 cm³/mol. The summed E-state index contributed by atoms with van der Waals surface area (Å²) in [6.07, 6.45) is 0.306. The molecule has 2 aromatic rings. The van der Waals surface area contributed by atoms with Gasteiger partial charge in [-0.2, -0.15) is 0 Å². The fourth-order valence-corrected chi connectivity index (χ4v) is 2.05. The molecule has 0 amide bonds. The second kappa shape index (κ2) is 6.95. The van der Waals surface area contributed by atoms with Crippen LogP contribution in [0.25, 0.3) is 0 Å². The summed E-state index contributed by atoms with van der Waals surface area (Å²) in [6.45, 7) is 0. The quantitative estimate of drug-likeness (QED) is 0.600. The average Bonchev–Trinajstić information content (AvgIpc) is 2.53. The van der Waals surface area contributed by atoms with Crippen molar-refractivity contribution >= 4 is 28.4 Å². The molecule has 0 saturated carbocycles. The van der Waals surface area contributed by atoms with Crippen LogP contribution in [0.4, 0.5) is 0 Å². The number of carbonyl (C=O) groups excluding carboxylic acids is 3. The number of rotatable bonds is 6. The summed E-state index contributed by atoms with van der Waals surface area (Å²) in [5.74, 6) is -0.190. The molecule has 0 atom stereocenters. The van der Waals surface area contributed by atoms with Gasteiger partial charge in [0, 0.05) is 29.5 Å². The van der Waals surface area contributed by atoms with Crippen molar-refractivity contribution in [1.82, 2.24) is 0 Å². The summed E-state index contributed by atoms with van der Waals surface area (Å²) in [6, 6.07) is 15.0. The van der Waals surface area contributed by atoms with Crippen LogP contribution >= 0.6 is 11.6 Å². The molecule has 0 heterocycles. The number of benzene rings is 2. The fraction of sp³-hybridized carbons (Fsp3) is 0.118. The number of carbonyl (C=O) groups is 3. The minimum Gasteiger partial charge on any atom is -0.294 e. The van der Waals surface area contributed by atoms with Gasteiger partial charge in [-0.25, -0.2) is 0 Å². The number of hydrogen-bond acceptors (Lipinski definition) is 3. The summed E-state index contributed by atoms with van der Waals surface area (Å²) in [5.41, 5.74) is 1.42. The summed E-state index contributed by atoms with van der Waals surface area (Å²) in [7, 11) is 0. The molecule has 21 heavy (non-hydrogen) atoms. The number of Topliss-reactive ketones (excluding diaryl/α,β-unsaturated/α-hetero) is 2. The average molecular weight is 301 g/mol. The minimum absolute atomic E-state index is 0.0588. The van der Waals surface area contributed by atoms with Crippen molar-refractivity contribution in [3.05, 3.63) is 71.3 Å². The Labute approximate surface area is 127 Å². The highest BCUT2D eigenvalue weighted by atomic mass is 35.5. The van der Waals surface area contributed by atoms with Gasteiger partial charge in [-0.3, -0.25) is 14.4 Å². The first-order valence-electron chi connectivity index (χ1n) is 6.49. The highest BCUT2D eigenvalue weighted by molar-refractivity contribution is 6.67. The number of ketones is 2. The highest BCUT2D eigenvalue weighted by Crippen LogP contribution is 2.12. The Morgan fingerprint density at radius 3 is 1.57 bits per heavy atom. The Kier molecular flexibility index (Phi) is 5.01. The SMILES string of the molecule is O=C(Cl)c1ccc(C(=O)CCC(=O)c2ccccc2)cc1. The van der Waals surface area contributed by atoms with Gasteiger partial charge >= 0.3 is 0 Å². The molecule has 0 saturated heterocycles. The van der Waals surface area contributed by atoms with E-state index >= 15 is 0 Å². The monoisotopic (exact) mass is 300 g/mol. The maximum absolute atomic E-state index is 12.0. The lowest BCUT2D eigenvalue weighted by atomic mass is 10.0. The molecule has 106 valence electrons. The van der Waals surface area contributed by atoms with Crippen LogP contribution in [0.1, 0.15) is 43.9 Å². The Hall–Kier alpha value is -2.26. The van der Waals surface area contributed by atoms with E-state index in [1.807, 2.05) is 6.07 Å². The van der Waals surface area contributed by atoms with E-state index in [2.05, 4.69) is 0 Å². The van der Waals surface area contributed by atoms with Gasteiger partial charge in [-0.05, 0) is 23.7 Å². The molecular formula is C17H13ClO3. The zero-order valence-corrected chi connectivity index (χ0v) is 12.0. The van der Waals surface area contributed by atoms with E-state index in [0.717, 1.165) is 0 Å². The van der Waals surface area contributed by atoms with E-state index in [0.29, 0.717) is 16.7 Å². The van der Waals surface area contributed by atoms with Crippen molar-refractivity contribution in [3.8, 4) is 0 Å². The van der Waals surface area contributed by atoms with Crippen LogP contribution in [-0.2, 0) is 0 Å². The van der Waals surface area contributed by atoms with Crippen LogP contribution in [0.3, 0.4) is 0 Å². The zero-order chi connectivity index (χ0) is 15.2. The second-order valence-electron chi connectivity index (χ2n) is 4.56. The first kappa shape index (κ1) is 15.1. The second-order valence-corrected chi connectivity index (χ2v) is 4.91. The molecule has 0 spiro atoms. The van der Waals surface area contributed by atoms with Crippen molar-refractivity contribution in [2.24, 2.45) is 0 Å². The van der Waals surface area contributed by atoms with Crippen LogP contribution in [0, 0.1) is 0 Å². The van der Waals surface area contributed by atoms with E-state index in [-0.39, 0.29) is 24.4 Å². The van der Waals surface area contributed by atoms with Crippen molar-refractivity contribution in [2.75, 3.05) is 0 Å². The third-order valence-electron chi connectivity index (χ3n) is 3.11. The molecule has 0 aromatic heterocycles. The predicted octanol–water partition coefficient (Wildman–Crippen LogP) is 3.91. The van der Waals surface area contributed by atoms with Crippen molar-refractivity contribution < 1.29 is 14.4 Å². The van der Waals surface area contributed by atoms with Crippen LogP contribution in [0.2, 0.25) is 0 Å². The summed E-state index contributed by atoms with van der Waals surface area (Å²) >= 11 is 5.34. The lowest BCUT2D eigenvalue weighted by molar-refractivity contribution is 0.0917. The molecule has 0 bridgehead atoms. The maximum atomic E-state index is 12.0. The molecule has 0 aliphatic carbocycles. The molecule has 2 aromatic carbocycles. The highest BCUT2D eigenvalue weighted by Gasteiger charge is 2.11. The number of halogens is 1. The largest absolute Gasteiger partial charge is 0.294 e. The van der Waals surface area contributed by atoms with Crippen molar-refractivity contribution in [2.45, 2.75) is 12.8 Å². The molecule has 0 aliphatic rings. The van der Waals surface area contributed by atoms with Gasteiger partial charge in [-0.1, -0.05) is 42.5 Å². The Morgan fingerprint density at radius 2 is 1.10 bits per heavy atom. The van der Waals surface area contributed by atoms with Gasteiger partial charge in [0.05, 0.1) is 0 Å². The van der Waals surface area contributed by atoms with Crippen molar-refractivity contribution in [3.63, 3.8) is 0 Å². The van der Waals surface area contributed by atoms with E-state index in [1.165, 1.54) is 12.1 Å².